The molecule has 1 amide bonds. The lowest BCUT2D eigenvalue weighted by Crippen LogP contribution is -2.48. The minimum atomic E-state index is -0.517. The smallest absolute Gasteiger partial charge is 0.328 e. The zero-order valence-corrected chi connectivity index (χ0v) is 17.2. The van der Waals surface area contributed by atoms with Gasteiger partial charge >= 0.3 is 5.97 Å². The van der Waals surface area contributed by atoms with Crippen molar-refractivity contribution in [2.24, 2.45) is 0 Å². The van der Waals surface area contributed by atoms with E-state index in [-0.39, 0.29) is 17.6 Å². The fourth-order valence-corrected chi connectivity index (χ4v) is 4.05. The number of ether oxygens (including phenoxy) is 1. The van der Waals surface area contributed by atoms with Crippen molar-refractivity contribution in [1.82, 2.24) is 4.90 Å². The second-order valence-corrected chi connectivity index (χ2v) is 7.58. The van der Waals surface area contributed by atoms with Crippen LogP contribution in [0.2, 0.25) is 0 Å². The van der Waals surface area contributed by atoms with Crippen LogP contribution >= 0.6 is 0 Å². The van der Waals surface area contributed by atoms with Crippen LogP contribution in [-0.4, -0.2) is 36.0 Å². The number of furan rings is 1. The molecule has 1 aromatic carbocycles. The van der Waals surface area contributed by atoms with Crippen molar-refractivity contribution in [3.63, 3.8) is 0 Å². The van der Waals surface area contributed by atoms with E-state index in [1.54, 1.807) is 17.9 Å². The Hall–Kier alpha value is -2.56. The van der Waals surface area contributed by atoms with E-state index in [0.717, 1.165) is 18.6 Å². The summed E-state index contributed by atoms with van der Waals surface area (Å²) in [6.45, 7) is 8.93. The van der Waals surface area contributed by atoms with Gasteiger partial charge in [-0.15, -0.1) is 0 Å². The predicted octanol–water partition coefficient (Wildman–Crippen LogP) is 4.35. The highest BCUT2D eigenvalue weighted by Crippen LogP contribution is 2.24. The summed E-state index contributed by atoms with van der Waals surface area (Å²) in [4.78, 5) is 26.8. The van der Waals surface area contributed by atoms with E-state index in [2.05, 4.69) is 32.9 Å². The number of likely N-dealkylation sites (tertiary alicyclic amines) is 1. The van der Waals surface area contributed by atoms with Crippen LogP contribution in [-0.2, 0) is 16.0 Å². The van der Waals surface area contributed by atoms with E-state index in [4.69, 9.17) is 9.15 Å². The van der Waals surface area contributed by atoms with Crippen molar-refractivity contribution in [3.05, 3.63) is 58.0 Å². The number of nitrogens with zero attached hydrogens (tertiary/aromatic N) is 1. The molecule has 1 atom stereocenters. The van der Waals surface area contributed by atoms with Crippen LogP contribution in [0.5, 0.6) is 0 Å². The van der Waals surface area contributed by atoms with Crippen LogP contribution in [0.4, 0.5) is 0 Å². The summed E-state index contributed by atoms with van der Waals surface area (Å²) < 4.78 is 11.0. The maximum Gasteiger partial charge on any atom is 0.328 e. The van der Waals surface area contributed by atoms with E-state index in [1.807, 2.05) is 6.07 Å². The van der Waals surface area contributed by atoms with Crippen molar-refractivity contribution in [2.75, 3.05) is 13.2 Å². The topological polar surface area (TPSA) is 59.8 Å². The fourth-order valence-electron chi connectivity index (χ4n) is 4.05. The standard InChI is InChI=1S/C23H29NO4/c1-5-27-23(26)20-8-6-7-11-24(20)22(25)21-10-9-18(28-21)14-19-16(3)12-15(2)13-17(19)4/h9-10,12-13,20H,5-8,11,14H2,1-4H3. The lowest BCUT2D eigenvalue weighted by Gasteiger charge is -2.33. The number of rotatable bonds is 5. The molecule has 1 aromatic heterocycles. The molecule has 150 valence electrons. The minimum Gasteiger partial charge on any atom is -0.464 e. The third-order valence-electron chi connectivity index (χ3n) is 5.39. The molecular formula is C23H29NO4. The van der Waals surface area contributed by atoms with Crippen molar-refractivity contribution in [2.45, 2.75) is 59.4 Å². The van der Waals surface area contributed by atoms with E-state index < -0.39 is 6.04 Å². The average Bonchev–Trinajstić information content (AvgIpc) is 3.13. The van der Waals surface area contributed by atoms with Crippen LogP contribution in [0, 0.1) is 20.8 Å². The minimum absolute atomic E-state index is 0.235. The molecule has 0 N–H and O–H groups in total. The first-order valence-corrected chi connectivity index (χ1v) is 10.0. The Morgan fingerprint density at radius 1 is 1.14 bits per heavy atom. The maximum absolute atomic E-state index is 13.0. The third kappa shape index (κ3) is 4.29. The van der Waals surface area contributed by atoms with Gasteiger partial charge in [0.1, 0.15) is 11.8 Å². The molecule has 5 heteroatoms. The number of amides is 1. The van der Waals surface area contributed by atoms with Crippen molar-refractivity contribution >= 4 is 11.9 Å². The Labute approximate surface area is 166 Å². The molecule has 0 radical (unpaired) electrons. The normalized spacial score (nSPS) is 16.9. The molecule has 28 heavy (non-hydrogen) atoms. The predicted molar refractivity (Wildman–Crippen MR) is 107 cm³/mol. The fraction of sp³-hybridized carbons (Fsp3) is 0.478. The number of carbonyl (C=O) groups is 2. The largest absolute Gasteiger partial charge is 0.464 e. The van der Waals surface area contributed by atoms with Crippen LogP contribution in [0.3, 0.4) is 0 Å². The molecule has 1 aliphatic heterocycles. The first kappa shape index (κ1) is 20.2. The number of esters is 1. The van der Waals surface area contributed by atoms with Crippen LogP contribution < -0.4 is 0 Å². The molecule has 0 aliphatic carbocycles. The number of benzene rings is 1. The number of aryl methyl sites for hydroxylation is 3. The van der Waals surface area contributed by atoms with Gasteiger partial charge in [-0.1, -0.05) is 17.7 Å². The number of hydrogen-bond donors (Lipinski definition) is 0. The molecule has 2 heterocycles. The Morgan fingerprint density at radius 2 is 1.86 bits per heavy atom. The van der Waals surface area contributed by atoms with Crippen LogP contribution in [0.25, 0.3) is 0 Å². The maximum atomic E-state index is 13.0. The monoisotopic (exact) mass is 383 g/mol. The summed E-state index contributed by atoms with van der Waals surface area (Å²) in [6, 6.07) is 7.38. The van der Waals surface area contributed by atoms with Crippen molar-refractivity contribution < 1.29 is 18.7 Å². The number of hydrogen-bond acceptors (Lipinski definition) is 4. The summed E-state index contributed by atoms with van der Waals surface area (Å²) in [6.07, 6.45) is 3.09. The number of carbonyl (C=O) groups excluding carboxylic acids is 2. The Morgan fingerprint density at radius 3 is 2.54 bits per heavy atom. The van der Waals surface area contributed by atoms with Gasteiger partial charge < -0.3 is 14.1 Å². The lowest BCUT2D eigenvalue weighted by molar-refractivity contribution is -0.149. The molecule has 1 aliphatic rings. The van der Waals surface area contributed by atoms with E-state index in [1.165, 1.54) is 22.3 Å². The molecule has 2 aromatic rings. The highest BCUT2D eigenvalue weighted by molar-refractivity contribution is 5.94. The first-order valence-electron chi connectivity index (χ1n) is 10.0. The molecular weight excluding hydrogens is 354 g/mol. The van der Waals surface area contributed by atoms with E-state index in [9.17, 15) is 9.59 Å². The lowest BCUT2D eigenvalue weighted by atomic mass is 9.96. The van der Waals surface area contributed by atoms with Crippen LogP contribution in [0.15, 0.2) is 28.7 Å². The van der Waals surface area contributed by atoms with Gasteiger partial charge in [-0.25, -0.2) is 4.79 Å². The van der Waals surface area contributed by atoms with Gasteiger partial charge in [-0.3, -0.25) is 4.79 Å². The van der Waals surface area contributed by atoms with Crippen molar-refractivity contribution in [1.29, 1.82) is 0 Å². The van der Waals surface area contributed by atoms with Crippen LogP contribution in [0.1, 0.15) is 64.8 Å². The summed E-state index contributed by atoms with van der Waals surface area (Å²) in [7, 11) is 0. The quantitative estimate of drug-likeness (QED) is 0.720. The average molecular weight is 383 g/mol. The van der Waals surface area contributed by atoms with Gasteiger partial charge in [-0.05, 0) is 75.8 Å². The van der Waals surface area contributed by atoms with Gasteiger partial charge in [-0.2, -0.15) is 0 Å². The summed E-state index contributed by atoms with van der Waals surface area (Å²) in [5, 5.41) is 0. The van der Waals surface area contributed by atoms with E-state index >= 15 is 0 Å². The third-order valence-corrected chi connectivity index (χ3v) is 5.39. The van der Waals surface area contributed by atoms with Gasteiger partial charge in [0.25, 0.3) is 5.91 Å². The Balaban J connectivity index is 1.77. The van der Waals surface area contributed by atoms with Gasteiger partial charge in [0.2, 0.25) is 0 Å². The zero-order chi connectivity index (χ0) is 20.3. The summed E-state index contributed by atoms with van der Waals surface area (Å²) in [5.74, 6) is 0.478. The highest BCUT2D eigenvalue weighted by atomic mass is 16.5. The summed E-state index contributed by atoms with van der Waals surface area (Å²) >= 11 is 0. The second-order valence-electron chi connectivity index (χ2n) is 7.58. The molecule has 1 unspecified atom stereocenters. The number of piperidine rings is 1. The Kier molecular flexibility index (Phi) is 6.22. The SMILES string of the molecule is CCOC(=O)C1CCCCN1C(=O)c1ccc(Cc2c(C)cc(C)cc2C)o1. The zero-order valence-electron chi connectivity index (χ0n) is 17.2. The van der Waals surface area contributed by atoms with E-state index in [0.29, 0.717) is 26.0 Å². The van der Waals surface area contributed by atoms with Gasteiger partial charge in [0.05, 0.1) is 6.61 Å². The van der Waals surface area contributed by atoms with Crippen molar-refractivity contribution in [3.8, 4) is 0 Å². The highest BCUT2D eigenvalue weighted by Gasteiger charge is 2.34. The molecule has 1 fully saturated rings. The molecule has 0 spiro atoms. The first-order chi connectivity index (χ1) is 13.4. The molecule has 3 rings (SSSR count). The molecule has 1 saturated heterocycles. The molecule has 0 bridgehead atoms. The molecule has 5 nitrogen and oxygen atoms in total. The summed E-state index contributed by atoms with van der Waals surface area (Å²) in [5.41, 5.74) is 4.91. The van der Waals surface area contributed by atoms with Gasteiger partial charge in [0.15, 0.2) is 5.76 Å². The second kappa shape index (κ2) is 8.63. The Bertz CT molecular complexity index is 844. The molecule has 0 saturated carbocycles. The van der Waals surface area contributed by atoms with Gasteiger partial charge in [0, 0.05) is 13.0 Å².